The van der Waals surface area contributed by atoms with E-state index in [1.807, 2.05) is 5.43 Å². The second-order valence-electron chi connectivity index (χ2n) is 5.00. The Labute approximate surface area is 133 Å². The van der Waals surface area contributed by atoms with Crippen LogP contribution in [-0.4, -0.2) is 32.3 Å². The standard InChI is InChI=1S/C14H14F2N4O4/c1-8-9(6-11(21)22)12(23)20(13(24)19-8)18-7-14(15,16)10-4-2-3-5-17-10/h2-5,18H,6-7H2,1H3,(H,19,24)(H,21,22). The molecule has 0 bridgehead atoms. The summed E-state index contributed by atoms with van der Waals surface area (Å²) in [7, 11) is 0. The maximum Gasteiger partial charge on any atom is 0.347 e. The van der Waals surface area contributed by atoms with Crippen molar-refractivity contribution in [3.8, 4) is 0 Å². The Bertz CT molecular complexity index is 861. The van der Waals surface area contributed by atoms with E-state index in [1.165, 1.54) is 25.3 Å². The Balaban J connectivity index is 2.32. The van der Waals surface area contributed by atoms with Crippen molar-refractivity contribution < 1.29 is 18.7 Å². The average molecular weight is 340 g/mol. The van der Waals surface area contributed by atoms with E-state index >= 15 is 0 Å². The highest BCUT2D eigenvalue weighted by molar-refractivity contribution is 5.70. The molecule has 0 radical (unpaired) electrons. The number of nitrogens with zero attached hydrogens (tertiary/aromatic N) is 2. The van der Waals surface area contributed by atoms with Gasteiger partial charge in [-0.3, -0.25) is 14.6 Å². The van der Waals surface area contributed by atoms with Gasteiger partial charge in [-0.2, -0.15) is 13.5 Å². The van der Waals surface area contributed by atoms with Crippen LogP contribution in [0.4, 0.5) is 8.78 Å². The number of H-pyrrole nitrogens is 1. The van der Waals surface area contributed by atoms with E-state index in [0.717, 1.165) is 6.07 Å². The Morgan fingerprint density at radius 2 is 2.12 bits per heavy atom. The Morgan fingerprint density at radius 1 is 1.42 bits per heavy atom. The molecule has 0 aromatic carbocycles. The highest BCUT2D eigenvalue weighted by Crippen LogP contribution is 2.24. The molecular weight excluding hydrogens is 326 g/mol. The molecule has 10 heteroatoms. The number of aromatic nitrogens is 3. The van der Waals surface area contributed by atoms with Crippen molar-refractivity contribution in [3.05, 3.63) is 62.2 Å². The van der Waals surface area contributed by atoms with Crippen molar-refractivity contribution in [3.63, 3.8) is 0 Å². The van der Waals surface area contributed by atoms with Crippen LogP contribution in [0.1, 0.15) is 17.0 Å². The summed E-state index contributed by atoms with van der Waals surface area (Å²) in [5, 5.41) is 8.79. The Kier molecular flexibility index (Phi) is 4.77. The lowest BCUT2D eigenvalue weighted by Gasteiger charge is -2.18. The number of pyridine rings is 1. The SMILES string of the molecule is Cc1[nH]c(=O)n(NCC(F)(F)c2ccccn2)c(=O)c1CC(=O)O. The van der Waals surface area contributed by atoms with Gasteiger partial charge in [0.2, 0.25) is 0 Å². The van der Waals surface area contributed by atoms with Gasteiger partial charge in [0.05, 0.1) is 6.42 Å². The topological polar surface area (TPSA) is 117 Å². The molecule has 0 fully saturated rings. The predicted molar refractivity (Wildman–Crippen MR) is 79.8 cm³/mol. The molecule has 0 saturated heterocycles. The number of carbonyl (C=O) groups is 1. The smallest absolute Gasteiger partial charge is 0.347 e. The summed E-state index contributed by atoms with van der Waals surface area (Å²) >= 11 is 0. The molecule has 3 N–H and O–H groups in total. The van der Waals surface area contributed by atoms with E-state index in [4.69, 9.17) is 5.11 Å². The lowest BCUT2D eigenvalue weighted by molar-refractivity contribution is -0.136. The van der Waals surface area contributed by atoms with Gasteiger partial charge in [0.25, 0.3) is 5.56 Å². The van der Waals surface area contributed by atoms with Crippen molar-refractivity contribution in [2.75, 3.05) is 12.0 Å². The zero-order valence-electron chi connectivity index (χ0n) is 12.5. The van der Waals surface area contributed by atoms with E-state index in [-0.39, 0.29) is 11.3 Å². The number of halogens is 2. The van der Waals surface area contributed by atoms with Crippen molar-refractivity contribution in [1.29, 1.82) is 0 Å². The minimum Gasteiger partial charge on any atom is -0.481 e. The van der Waals surface area contributed by atoms with Crippen LogP contribution in [0.2, 0.25) is 0 Å². The van der Waals surface area contributed by atoms with Crippen LogP contribution in [0.25, 0.3) is 0 Å². The molecule has 8 nitrogen and oxygen atoms in total. The van der Waals surface area contributed by atoms with Crippen molar-refractivity contribution in [2.45, 2.75) is 19.3 Å². The first-order valence-electron chi connectivity index (χ1n) is 6.82. The highest BCUT2D eigenvalue weighted by atomic mass is 19.3. The monoisotopic (exact) mass is 340 g/mol. The van der Waals surface area contributed by atoms with E-state index in [2.05, 4.69) is 9.97 Å². The van der Waals surface area contributed by atoms with Gasteiger partial charge in [-0.05, 0) is 19.1 Å². The van der Waals surface area contributed by atoms with Crippen LogP contribution in [0, 0.1) is 6.92 Å². The number of aliphatic carboxylic acids is 1. The van der Waals surface area contributed by atoms with Crippen LogP contribution < -0.4 is 16.7 Å². The second kappa shape index (κ2) is 6.60. The number of carboxylic acids is 1. The van der Waals surface area contributed by atoms with Gasteiger partial charge in [0.1, 0.15) is 12.2 Å². The van der Waals surface area contributed by atoms with Crippen LogP contribution in [0.15, 0.2) is 34.0 Å². The normalized spacial score (nSPS) is 11.3. The quantitative estimate of drug-likeness (QED) is 0.692. The third-order valence-corrected chi connectivity index (χ3v) is 3.24. The summed E-state index contributed by atoms with van der Waals surface area (Å²) in [4.78, 5) is 40.5. The molecule has 2 aromatic heterocycles. The third-order valence-electron chi connectivity index (χ3n) is 3.24. The van der Waals surface area contributed by atoms with Gasteiger partial charge < -0.3 is 15.5 Å². The molecule has 0 unspecified atom stereocenters. The molecule has 2 aromatic rings. The molecule has 0 amide bonds. The molecule has 24 heavy (non-hydrogen) atoms. The molecule has 0 atom stereocenters. The van der Waals surface area contributed by atoms with Crippen LogP contribution in [0.3, 0.4) is 0 Å². The maximum atomic E-state index is 14.0. The molecule has 0 saturated carbocycles. The van der Waals surface area contributed by atoms with E-state index in [9.17, 15) is 23.2 Å². The van der Waals surface area contributed by atoms with Crippen LogP contribution >= 0.6 is 0 Å². The van der Waals surface area contributed by atoms with Crippen molar-refractivity contribution >= 4 is 5.97 Å². The summed E-state index contributed by atoms with van der Waals surface area (Å²) < 4.78 is 28.4. The fraction of sp³-hybridized carbons (Fsp3) is 0.286. The van der Waals surface area contributed by atoms with Gasteiger partial charge in [-0.1, -0.05) is 6.07 Å². The van der Waals surface area contributed by atoms with Crippen LogP contribution in [-0.2, 0) is 17.1 Å². The number of aromatic amines is 1. The number of aryl methyl sites for hydroxylation is 1. The summed E-state index contributed by atoms with van der Waals surface area (Å²) in [6.07, 6.45) is 0.554. The first kappa shape index (κ1) is 17.3. The van der Waals surface area contributed by atoms with Crippen molar-refractivity contribution in [1.82, 2.24) is 14.6 Å². The molecule has 2 heterocycles. The maximum absolute atomic E-state index is 14.0. The Morgan fingerprint density at radius 3 is 2.71 bits per heavy atom. The zero-order valence-corrected chi connectivity index (χ0v) is 12.5. The van der Waals surface area contributed by atoms with Gasteiger partial charge in [-0.25, -0.2) is 4.79 Å². The fourth-order valence-electron chi connectivity index (χ4n) is 2.03. The van der Waals surface area contributed by atoms with Crippen molar-refractivity contribution in [2.24, 2.45) is 0 Å². The van der Waals surface area contributed by atoms with E-state index < -0.39 is 41.8 Å². The third kappa shape index (κ3) is 3.65. The molecule has 2 rings (SSSR count). The number of rotatable bonds is 6. The lowest BCUT2D eigenvalue weighted by Crippen LogP contribution is -2.46. The zero-order chi connectivity index (χ0) is 17.9. The molecule has 0 aliphatic heterocycles. The van der Waals surface area contributed by atoms with Gasteiger partial charge >= 0.3 is 17.6 Å². The molecular formula is C14H14F2N4O4. The summed E-state index contributed by atoms with van der Waals surface area (Å²) in [6, 6.07) is 3.96. The summed E-state index contributed by atoms with van der Waals surface area (Å²) in [5.41, 5.74) is -0.576. The number of nitrogens with one attached hydrogen (secondary N) is 2. The van der Waals surface area contributed by atoms with E-state index in [0.29, 0.717) is 4.68 Å². The minimum absolute atomic E-state index is 0.0712. The molecule has 128 valence electrons. The first-order valence-corrected chi connectivity index (χ1v) is 6.82. The lowest BCUT2D eigenvalue weighted by atomic mass is 10.2. The van der Waals surface area contributed by atoms with Gasteiger partial charge in [0, 0.05) is 17.5 Å². The fourth-order valence-corrected chi connectivity index (χ4v) is 2.03. The number of hydrogen-bond acceptors (Lipinski definition) is 5. The molecule has 0 aliphatic rings. The number of hydrogen-bond donors (Lipinski definition) is 3. The second-order valence-corrected chi connectivity index (χ2v) is 5.00. The highest BCUT2D eigenvalue weighted by Gasteiger charge is 2.33. The average Bonchev–Trinajstić information content (AvgIpc) is 2.51. The van der Waals surface area contributed by atoms with Gasteiger partial charge in [-0.15, -0.1) is 0 Å². The first-order chi connectivity index (χ1) is 11.2. The largest absolute Gasteiger partial charge is 0.481 e. The number of alkyl halides is 2. The van der Waals surface area contributed by atoms with Crippen LogP contribution in [0.5, 0.6) is 0 Å². The molecule has 0 aliphatic carbocycles. The van der Waals surface area contributed by atoms with E-state index in [1.54, 1.807) is 0 Å². The summed E-state index contributed by atoms with van der Waals surface area (Å²) in [6.45, 7) is 0.288. The summed E-state index contributed by atoms with van der Waals surface area (Å²) in [5.74, 6) is -4.72. The predicted octanol–water partition coefficient (Wildman–Crippen LogP) is 0.203. The number of carboxylic acid groups (broad SMARTS) is 1. The minimum atomic E-state index is -3.44. The molecule has 0 spiro atoms. The van der Waals surface area contributed by atoms with Gasteiger partial charge in [0.15, 0.2) is 0 Å². The Hall–Kier alpha value is -3.04.